The maximum atomic E-state index is 11.6. The molecule has 15 heavy (non-hydrogen) atoms. The molecule has 1 aromatic carbocycles. The van der Waals surface area contributed by atoms with E-state index in [2.05, 4.69) is 4.74 Å². The summed E-state index contributed by atoms with van der Waals surface area (Å²) in [5.74, 6) is -0.684. The molecule has 0 atom stereocenters. The molecule has 0 spiro atoms. The standard InChI is InChI=1S/C10H9F3O2/c1-7-3-2-4-8(5-7)9(14)6-15-10(11,12)13/h2-5H,6H2,1H3. The van der Waals surface area contributed by atoms with Crippen molar-refractivity contribution in [2.24, 2.45) is 0 Å². The van der Waals surface area contributed by atoms with Crippen molar-refractivity contribution in [1.82, 2.24) is 0 Å². The van der Waals surface area contributed by atoms with Crippen LogP contribution in [0.3, 0.4) is 0 Å². The molecule has 0 saturated heterocycles. The minimum Gasteiger partial charge on any atom is -0.292 e. The van der Waals surface area contributed by atoms with Gasteiger partial charge in [0, 0.05) is 5.56 Å². The van der Waals surface area contributed by atoms with Gasteiger partial charge in [0.05, 0.1) is 0 Å². The first-order valence-electron chi connectivity index (χ1n) is 4.19. The smallest absolute Gasteiger partial charge is 0.292 e. The van der Waals surface area contributed by atoms with Crippen molar-refractivity contribution in [3.8, 4) is 0 Å². The molecule has 0 fully saturated rings. The second-order valence-electron chi connectivity index (χ2n) is 3.03. The van der Waals surface area contributed by atoms with Crippen molar-refractivity contribution in [1.29, 1.82) is 0 Å². The Morgan fingerprint density at radius 2 is 2.07 bits per heavy atom. The Morgan fingerprint density at radius 3 is 2.60 bits per heavy atom. The van der Waals surface area contributed by atoms with Crippen LogP contribution in [-0.4, -0.2) is 18.8 Å². The summed E-state index contributed by atoms with van der Waals surface area (Å²) in [4.78, 5) is 11.2. The Balaban J connectivity index is 2.62. The van der Waals surface area contributed by atoms with Crippen molar-refractivity contribution < 1.29 is 22.7 Å². The molecule has 0 bridgehead atoms. The number of Topliss-reactive ketones (excluding diaryl/α,β-unsaturated/α-hetero) is 1. The van der Waals surface area contributed by atoms with E-state index >= 15 is 0 Å². The third kappa shape index (κ3) is 4.12. The van der Waals surface area contributed by atoms with Gasteiger partial charge in [-0.05, 0) is 13.0 Å². The predicted molar refractivity (Wildman–Crippen MR) is 47.5 cm³/mol. The van der Waals surface area contributed by atoms with E-state index in [1.54, 1.807) is 19.1 Å². The average Bonchev–Trinajstić information content (AvgIpc) is 2.13. The quantitative estimate of drug-likeness (QED) is 0.729. The van der Waals surface area contributed by atoms with Gasteiger partial charge in [0.1, 0.15) is 6.61 Å². The highest BCUT2D eigenvalue weighted by Crippen LogP contribution is 2.16. The monoisotopic (exact) mass is 218 g/mol. The summed E-state index contributed by atoms with van der Waals surface area (Å²) in [5.41, 5.74) is 1.03. The number of alkyl halides is 3. The molecule has 0 amide bonds. The lowest BCUT2D eigenvalue weighted by molar-refractivity contribution is -0.318. The second-order valence-corrected chi connectivity index (χ2v) is 3.03. The molecular formula is C10H9F3O2. The molecule has 0 heterocycles. The third-order valence-electron chi connectivity index (χ3n) is 1.71. The molecule has 0 saturated carbocycles. The van der Waals surface area contributed by atoms with Gasteiger partial charge in [-0.2, -0.15) is 0 Å². The van der Waals surface area contributed by atoms with Crippen LogP contribution >= 0.6 is 0 Å². The van der Waals surface area contributed by atoms with Crippen molar-refractivity contribution in [2.75, 3.05) is 6.61 Å². The third-order valence-corrected chi connectivity index (χ3v) is 1.71. The highest BCUT2D eigenvalue weighted by molar-refractivity contribution is 5.97. The first-order valence-corrected chi connectivity index (χ1v) is 4.19. The molecule has 82 valence electrons. The summed E-state index contributed by atoms with van der Waals surface area (Å²) in [7, 11) is 0. The summed E-state index contributed by atoms with van der Waals surface area (Å²) in [6, 6.07) is 6.33. The highest BCUT2D eigenvalue weighted by atomic mass is 19.4. The summed E-state index contributed by atoms with van der Waals surface area (Å²) < 4.78 is 38.3. The largest absolute Gasteiger partial charge is 0.522 e. The van der Waals surface area contributed by atoms with Crippen LogP contribution in [0, 0.1) is 6.92 Å². The molecular weight excluding hydrogens is 209 g/mol. The Kier molecular flexibility index (Phi) is 3.47. The zero-order valence-corrected chi connectivity index (χ0v) is 7.97. The van der Waals surface area contributed by atoms with Crippen LogP contribution in [0.15, 0.2) is 24.3 Å². The topological polar surface area (TPSA) is 26.3 Å². The fourth-order valence-electron chi connectivity index (χ4n) is 1.05. The normalized spacial score (nSPS) is 11.5. The van der Waals surface area contributed by atoms with E-state index in [0.29, 0.717) is 0 Å². The fraction of sp³-hybridized carbons (Fsp3) is 0.300. The number of rotatable bonds is 3. The number of ether oxygens (including phenoxy) is 1. The van der Waals surface area contributed by atoms with Gasteiger partial charge >= 0.3 is 6.36 Å². The minimum atomic E-state index is -4.76. The van der Waals surface area contributed by atoms with E-state index in [4.69, 9.17) is 0 Å². The van der Waals surface area contributed by atoms with Gasteiger partial charge in [-0.25, -0.2) is 0 Å². The maximum Gasteiger partial charge on any atom is 0.522 e. The van der Waals surface area contributed by atoms with Gasteiger partial charge in [0.25, 0.3) is 0 Å². The number of ketones is 1. The lowest BCUT2D eigenvalue weighted by Gasteiger charge is -2.06. The SMILES string of the molecule is Cc1cccc(C(=O)COC(F)(F)F)c1. The van der Waals surface area contributed by atoms with E-state index in [0.717, 1.165) is 5.56 Å². The van der Waals surface area contributed by atoms with Crippen LogP contribution in [0.1, 0.15) is 15.9 Å². The number of carbonyl (C=O) groups excluding carboxylic acids is 1. The van der Waals surface area contributed by atoms with Crippen molar-refractivity contribution in [3.05, 3.63) is 35.4 Å². The summed E-state index contributed by atoms with van der Waals surface area (Å²) in [6.07, 6.45) is -4.76. The Morgan fingerprint density at radius 1 is 1.40 bits per heavy atom. The van der Waals surface area contributed by atoms with E-state index in [-0.39, 0.29) is 5.56 Å². The molecule has 0 aliphatic heterocycles. The van der Waals surface area contributed by atoms with Gasteiger partial charge in [-0.3, -0.25) is 9.53 Å². The van der Waals surface area contributed by atoms with Crippen molar-refractivity contribution in [2.45, 2.75) is 13.3 Å². The molecule has 1 aromatic rings. The summed E-state index contributed by atoms with van der Waals surface area (Å²) in [5, 5.41) is 0. The number of benzene rings is 1. The Labute approximate surface area is 84.7 Å². The maximum absolute atomic E-state index is 11.6. The minimum absolute atomic E-state index is 0.222. The first kappa shape index (κ1) is 11.7. The Bertz CT molecular complexity index is 358. The number of carbonyl (C=O) groups is 1. The van der Waals surface area contributed by atoms with E-state index in [1.165, 1.54) is 12.1 Å². The van der Waals surface area contributed by atoms with Crippen LogP contribution < -0.4 is 0 Å². The lowest BCUT2D eigenvalue weighted by atomic mass is 10.1. The zero-order valence-electron chi connectivity index (χ0n) is 7.97. The second kappa shape index (κ2) is 4.44. The molecule has 0 N–H and O–H groups in total. The number of aryl methyl sites for hydroxylation is 1. The molecule has 0 aromatic heterocycles. The lowest BCUT2D eigenvalue weighted by Crippen LogP contribution is -2.19. The molecule has 0 unspecified atom stereocenters. The van der Waals surface area contributed by atoms with Crippen LogP contribution in [0.25, 0.3) is 0 Å². The van der Waals surface area contributed by atoms with Crippen LogP contribution in [0.4, 0.5) is 13.2 Å². The number of hydrogen-bond acceptors (Lipinski definition) is 2. The molecule has 1 rings (SSSR count). The van der Waals surface area contributed by atoms with Crippen LogP contribution in [0.5, 0.6) is 0 Å². The summed E-state index contributed by atoms with van der Waals surface area (Å²) >= 11 is 0. The van der Waals surface area contributed by atoms with Gasteiger partial charge in [0.15, 0.2) is 5.78 Å². The zero-order chi connectivity index (χ0) is 11.5. The van der Waals surface area contributed by atoms with E-state index in [9.17, 15) is 18.0 Å². The molecule has 0 radical (unpaired) electrons. The average molecular weight is 218 g/mol. The molecule has 2 nitrogen and oxygen atoms in total. The van der Waals surface area contributed by atoms with Gasteiger partial charge in [-0.1, -0.05) is 23.8 Å². The van der Waals surface area contributed by atoms with Gasteiger partial charge in [0.2, 0.25) is 0 Å². The van der Waals surface area contributed by atoms with E-state index < -0.39 is 18.8 Å². The van der Waals surface area contributed by atoms with Gasteiger partial charge < -0.3 is 0 Å². The van der Waals surface area contributed by atoms with Gasteiger partial charge in [-0.15, -0.1) is 13.2 Å². The Hall–Kier alpha value is -1.36. The molecule has 0 aliphatic carbocycles. The fourth-order valence-corrected chi connectivity index (χ4v) is 1.05. The molecule has 0 aliphatic rings. The molecule has 5 heteroatoms. The van der Waals surface area contributed by atoms with Crippen LogP contribution in [0.2, 0.25) is 0 Å². The van der Waals surface area contributed by atoms with Crippen molar-refractivity contribution in [3.63, 3.8) is 0 Å². The van der Waals surface area contributed by atoms with Crippen molar-refractivity contribution >= 4 is 5.78 Å². The first-order chi connectivity index (χ1) is 6.88. The number of hydrogen-bond donors (Lipinski definition) is 0. The predicted octanol–water partition coefficient (Wildman–Crippen LogP) is 2.71. The van der Waals surface area contributed by atoms with E-state index in [1.807, 2.05) is 0 Å². The van der Waals surface area contributed by atoms with Crippen LogP contribution in [-0.2, 0) is 4.74 Å². The number of halogens is 3. The summed E-state index contributed by atoms with van der Waals surface area (Å²) in [6.45, 7) is 0.772. The highest BCUT2D eigenvalue weighted by Gasteiger charge is 2.30.